The smallest absolute Gasteiger partial charge is 0.329 e. The van der Waals surface area contributed by atoms with E-state index in [4.69, 9.17) is 23.2 Å². The maximum Gasteiger partial charge on any atom is 0.329 e. The first kappa shape index (κ1) is 20.7. The zero-order valence-corrected chi connectivity index (χ0v) is 17.4. The molecule has 2 aromatic carbocycles. The fraction of sp³-hybridized carbons (Fsp3) is 0.364. The van der Waals surface area contributed by atoms with Crippen LogP contribution in [0.15, 0.2) is 48.5 Å². The molecule has 1 heterocycles. The van der Waals surface area contributed by atoms with E-state index in [1.807, 2.05) is 36.4 Å². The topological polar surface area (TPSA) is 57.6 Å². The summed E-state index contributed by atoms with van der Waals surface area (Å²) in [5, 5.41) is 11.2. The summed E-state index contributed by atoms with van der Waals surface area (Å²) in [5.74, 6) is -1.22. The summed E-state index contributed by atoms with van der Waals surface area (Å²) >= 11 is 12.3. The number of carboxylic acid groups (broad SMARTS) is 1. The summed E-state index contributed by atoms with van der Waals surface area (Å²) in [6, 6.07) is 14.4. The quantitative estimate of drug-likeness (QED) is 0.676. The van der Waals surface area contributed by atoms with Gasteiger partial charge in [-0.05, 0) is 55.2 Å². The van der Waals surface area contributed by atoms with Crippen LogP contribution in [0.25, 0.3) is 0 Å². The van der Waals surface area contributed by atoms with Crippen LogP contribution in [0, 0.1) is 0 Å². The predicted molar refractivity (Wildman–Crippen MR) is 111 cm³/mol. The zero-order chi connectivity index (χ0) is 20.5. The molecule has 148 valence electrons. The van der Waals surface area contributed by atoms with Gasteiger partial charge in [-0.25, -0.2) is 4.79 Å². The van der Waals surface area contributed by atoms with Crippen LogP contribution in [-0.4, -0.2) is 27.4 Å². The lowest BCUT2D eigenvalue weighted by molar-refractivity contribution is -0.165. The summed E-state index contributed by atoms with van der Waals surface area (Å²) < 4.78 is 0. The molecule has 0 saturated carbocycles. The predicted octanol–water partition coefficient (Wildman–Crippen LogP) is 5.69. The molecule has 6 heteroatoms. The molecule has 1 unspecified atom stereocenters. The minimum absolute atomic E-state index is 0.0669. The molecule has 1 aliphatic rings. The number of likely N-dealkylation sites (tertiary alicyclic amines) is 1. The molecule has 1 aliphatic heterocycles. The number of piperidine rings is 1. The Morgan fingerprint density at radius 2 is 1.82 bits per heavy atom. The van der Waals surface area contributed by atoms with E-state index in [1.165, 1.54) is 0 Å². The highest BCUT2D eigenvalue weighted by atomic mass is 35.5. The van der Waals surface area contributed by atoms with Crippen molar-refractivity contribution in [3.05, 3.63) is 69.7 Å². The number of halogens is 2. The number of carbonyl (C=O) groups excluding carboxylic acids is 1. The van der Waals surface area contributed by atoms with Crippen molar-refractivity contribution in [3.8, 4) is 0 Å². The Kier molecular flexibility index (Phi) is 6.01. The number of nitrogens with zero attached hydrogens (tertiary/aromatic N) is 1. The van der Waals surface area contributed by atoms with E-state index in [0.717, 1.165) is 11.1 Å². The Bertz CT molecular complexity index is 884. The summed E-state index contributed by atoms with van der Waals surface area (Å²) in [7, 11) is 0. The van der Waals surface area contributed by atoms with Gasteiger partial charge in [-0.15, -0.1) is 0 Å². The molecule has 1 N–H and O–H groups in total. The average molecular weight is 420 g/mol. The second-order valence-corrected chi connectivity index (χ2v) is 8.27. The lowest BCUT2D eigenvalue weighted by Crippen LogP contribution is -2.58. The van der Waals surface area contributed by atoms with Crippen LogP contribution in [0.4, 0.5) is 0 Å². The molecule has 3 atom stereocenters. The van der Waals surface area contributed by atoms with E-state index in [1.54, 1.807) is 30.9 Å². The highest BCUT2D eigenvalue weighted by Gasteiger charge is 2.49. The molecule has 1 saturated heterocycles. The minimum atomic E-state index is -1.31. The van der Waals surface area contributed by atoms with E-state index in [-0.39, 0.29) is 11.8 Å². The van der Waals surface area contributed by atoms with Gasteiger partial charge >= 0.3 is 5.97 Å². The summed E-state index contributed by atoms with van der Waals surface area (Å²) in [6.07, 6.45) is 1.23. The van der Waals surface area contributed by atoms with Crippen molar-refractivity contribution >= 4 is 35.1 Å². The Labute approximate surface area is 175 Å². The van der Waals surface area contributed by atoms with Crippen LogP contribution in [0.2, 0.25) is 10.0 Å². The lowest BCUT2D eigenvalue weighted by Gasteiger charge is -2.49. The number of benzene rings is 2. The van der Waals surface area contributed by atoms with Gasteiger partial charge in [0.15, 0.2) is 0 Å². The maximum absolute atomic E-state index is 13.0. The van der Waals surface area contributed by atoms with Gasteiger partial charge in [0.05, 0.1) is 6.04 Å². The van der Waals surface area contributed by atoms with Gasteiger partial charge in [-0.1, -0.05) is 54.4 Å². The van der Waals surface area contributed by atoms with Gasteiger partial charge in [-0.3, -0.25) is 4.79 Å². The van der Waals surface area contributed by atoms with Gasteiger partial charge in [0.25, 0.3) is 0 Å². The first-order valence-corrected chi connectivity index (χ1v) is 10.1. The SMILES string of the molecule is CCC(C)(C(=O)O)N1C(=O)CC[C@H](c2cccc(Cl)c2)[C@H]1c1ccc(Cl)cc1. The standard InChI is InChI=1S/C22H23Cl2NO3/c1-3-22(2,21(27)28)25-19(26)12-11-18(15-5-4-6-17(24)13-15)20(25)14-7-9-16(23)10-8-14/h4-10,13,18,20H,3,11-12H2,1-2H3,(H,27,28)/t18-,20-,22?/m1/s1. The van der Waals surface area contributed by atoms with Crippen molar-refractivity contribution in [2.45, 2.75) is 50.6 Å². The van der Waals surface area contributed by atoms with Crippen LogP contribution in [0.5, 0.6) is 0 Å². The third-order valence-electron chi connectivity index (χ3n) is 5.77. The van der Waals surface area contributed by atoms with Crippen molar-refractivity contribution in [2.75, 3.05) is 0 Å². The lowest BCUT2D eigenvalue weighted by atomic mass is 9.77. The number of aliphatic carboxylic acids is 1. The largest absolute Gasteiger partial charge is 0.480 e. The fourth-order valence-electron chi connectivity index (χ4n) is 4.03. The van der Waals surface area contributed by atoms with Gasteiger partial charge in [0.1, 0.15) is 5.54 Å². The second-order valence-electron chi connectivity index (χ2n) is 7.39. The van der Waals surface area contributed by atoms with Crippen molar-refractivity contribution in [1.82, 2.24) is 4.90 Å². The molecule has 0 radical (unpaired) electrons. The zero-order valence-electron chi connectivity index (χ0n) is 15.9. The van der Waals surface area contributed by atoms with Crippen LogP contribution in [0.1, 0.15) is 56.2 Å². The Balaban J connectivity index is 2.19. The molecule has 4 nitrogen and oxygen atoms in total. The highest BCUT2D eigenvalue weighted by molar-refractivity contribution is 6.30. The van der Waals surface area contributed by atoms with E-state index >= 15 is 0 Å². The van der Waals surface area contributed by atoms with Crippen molar-refractivity contribution < 1.29 is 14.7 Å². The van der Waals surface area contributed by atoms with Crippen molar-refractivity contribution in [3.63, 3.8) is 0 Å². The first-order chi connectivity index (χ1) is 13.3. The van der Waals surface area contributed by atoms with Gasteiger partial charge in [0.2, 0.25) is 5.91 Å². The normalized spacial score (nSPS) is 22.0. The molecule has 1 amide bonds. The fourth-order valence-corrected chi connectivity index (χ4v) is 4.35. The minimum Gasteiger partial charge on any atom is -0.480 e. The van der Waals surface area contributed by atoms with Crippen molar-refractivity contribution in [1.29, 1.82) is 0 Å². The van der Waals surface area contributed by atoms with E-state index < -0.39 is 17.6 Å². The molecule has 2 aromatic rings. The molecule has 0 aliphatic carbocycles. The van der Waals surface area contributed by atoms with Crippen LogP contribution >= 0.6 is 23.2 Å². The number of rotatable bonds is 5. The molecule has 0 spiro atoms. The summed E-state index contributed by atoms with van der Waals surface area (Å²) in [6.45, 7) is 3.42. The summed E-state index contributed by atoms with van der Waals surface area (Å²) in [4.78, 5) is 26.8. The molecule has 28 heavy (non-hydrogen) atoms. The first-order valence-electron chi connectivity index (χ1n) is 9.34. The van der Waals surface area contributed by atoms with Gasteiger partial charge in [-0.2, -0.15) is 0 Å². The monoisotopic (exact) mass is 419 g/mol. The molecular formula is C22H23Cl2NO3. The number of hydrogen-bond donors (Lipinski definition) is 1. The van der Waals surface area contributed by atoms with Crippen molar-refractivity contribution in [2.24, 2.45) is 0 Å². The molecular weight excluding hydrogens is 397 g/mol. The van der Waals surface area contributed by atoms with E-state index in [2.05, 4.69) is 0 Å². The van der Waals surface area contributed by atoms with E-state index in [0.29, 0.717) is 29.3 Å². The third-order valence-corrected chi connectivity index (χ3v) is 6.25. The highest BCUT2D eigenvalue weighted by Crippen LogP contribution is 2.47. The van der Waals surface area contributed by atoms with Gasteiger partial charge in [0, 0.05) is 22.4 Å². The maximum atomic E-state index is 13.0. The Morgan fingerprint density at radius 1 is 1.14 bits per heavy atom. The molecule has 3 rings (SSSR count). The van der Waals surface area contributed by atoms with Crippen LogP contribution < -0.4 is 0 Å². The third kappa shape index (κ3) is 3.76. The molecule has 0 aromatic heterocycles. The number of amides is 1. The summed E-state index contributed by atoms with van der Waals surface area (Å²) in [5.41, 5.74) is 0.552. The number of carbonyl (C=O) groups is 2. The number of hydrogen-bond acceptors (Lipinski definition) is 2. The van der Waals surface area contributed by atoms with Gasteiger partial charge < -0.3 is 10.0 Å². The van der Waals surface area contributed by atoms with Crippen LogP contribution in [0.3, 0.4) is 0 Å². The van der Waals surface area contributed by atoms with Crippen LogP contribution in [-0.2, 0) is 9.59 Å². The van der Waals surface area contributed by atoms with E-state index in [9.17, 15) is 14.7 Å². The Morgan fingerprint density at radius 3 is 2.39 bits per heavy atom. The Hall–Kier alpha value is -2.04. The second kappa shape index (κ2) is 8.14. The molecule has 1 fully saturated rings. The molecule has 0 bridgehead atoms. The average Bonchev–Trinajstić information content (AvgIpc) is 2.67. The number of carboxylic acids is 1.